The van der Waals surface area contributed by atoms with E-state index in [0.29, 0.717) is 24.2 Å². The summed E-state index contributed by atoms with van der Waals surface area (Å²) >= 11 is 0. The Morgan fingerprint density at radius 1 is 1.33 bits per heavy atom. The van der Waals surface area contributed by atoms with Crippen LogP contribution in [0.2, 0.25) is 0 Å². The first-order valence-electron chi connectivity index (χ1n) is 4.98. The molecule has 4 nitrogen and oxygen atoms in total. The fourth-order valence-electron chi connectivity index (χ4n) is 1.39. The second-order valence-corrected chi connectivity index (χ2v) is 3.71. The Bertz CT molecular complexity index is 328. The zero-order valence-electron chi connectivity index (χ0n) is 8.85. The second kappa shape index (κ2) is 5.11. The van der Waals surface area contributed by atoms with E-state index >= 15 is 0 Å². The molecule has 0 aliphatic rings. The Labute approximate surface area is 89.5 Å². The van der Waals surface area contributed by atoms with Crippen LogP contribution in [0, 0.1) is 6.92 Å². The Hall–Kier alpha value is -1.10. The lowest BCUT2D eigenvalue weighted by atomic mass is 10.00. The Morgan fingerprint density at radius 3 is 2.53 bits per heavy atom. The summed E-state index contributed by atoms with van der Waals surface area (Å²) in [7, 11) is 0. The third-order valence-electron chi connectivity index (χ3n) is 2.47. The molecule has 1 rings (SSSR count). The number of hydrogen-bond acceptors (Lipinski definition) is 4. The predicted molar refractivity (Wildman–Crippen MR) is 60.2 cm³/mol. The summed E-state index contributed by atoms with van der Waals surface area (Å²) in [6, 6.07) is 5.26. The molecule has 0 spiro atoms. The van der Waals surface area contributed by atoms with Gasteiger partial charge < -0.3 is 21.7 Å². The van der Waals surface area contributed by atoms with Gasteiger partial charge in [0, 0.05) is 5.69 Å². The van der Waals surface area contributed by atoms with E-state index in [1.165, 1.54) is 0 Å². The molecule has 0 radical (unpaired) electrons. The zero-order valence-corrected chi connectivity index (χ0v) is 8.85. The maximum atomic E-state index is 9.77. The number of aryl methyl sites for hydroxylation is 1. The molecule has 0 aliphatic carbocycles. The van der Waals surface area contributed by atoms with Gasteiger partial charge in [-0.05, 0) is 37.1 Å². The summed E-state index contributed by atoms with van der Waals surface area (Å²) in [5.74, 6) is 0. The number of aliphatic hydroxyl groups excluding tert-OH is 2. The van der Waals surface area contributed by atoms with Gasteiger partial charge in [-0.25, -0.2) is 0 Å². The summed E-state index contributed by atoms with van der Waals surface area (Å²) in [5.41, 5.74) is 13.2. The van der Waals surface area contributed by atoms with Crippen molar-refractivity contribution in [1.29, 1.82) is 0 Å². The van der Waals surface area contributed by atoms with Gasteiger partial charge in [0.05, 0.1) is 6.10 Å². The minimum atomic E-state index is -0.920. The van der Waals surface area contributed by atoms with E-state index in [9.17, 15) is 10.2 Å². The molecule has 15 heavy (non-hydrogen) atoms. The number of nitrogens with two attached hydrogens (primary N) is 2. The number of hydrogen-bond donors (Lipinski definition) is 4. The fourth-order valence-corrected chi connectivity index (χ4v) is 1.39. The van der Waals surface area contributed by atoms with Gasteiger partial charge in [-0.2, -0.15) is 0 Å². The molecule has 6 N–H and O–H groups in total. The van der Waals surface area contributed by atoms with Crippen LogP contribution in [0.3, 0.4) is 0 Å². The van der Waals surface area contributed by atoms with Gasteiger partial charge in [0.2, 0.25) is 0 Å². The van der Waals surface area contributed by atoms with Crippen LogP contribution in [-0.2, 0) is 0 Å². The van der Waals surface area contributed by atoms with Crippen molar-refractivity contribution in [2.24, 2.45) is 5.73 Å². The SMILES string of the molecule is Cc1ccc(C(O)C(O)CCN)cc1N. The molecule has 2 atom stereocenters. The number of anilines is 1. The molecule has 0 bridgehead atoms. The van der Waals surface area contributed by atoms with Crippen LogP contribution in [0.4, 0.5) is 5.69 Å². The summed E-state index contributed by atoms with van der Waals surface area (Å²) < 4.78 is 0. The molecular formula is C11H18N2O2. The monoisotopic (exact) mass is 210 g/mol. The van der Waals surface area contributed by atoms with Crippen LogP contribution in [0.5, 0.6) is 0 Å². The Kier molecular flexibility index (Phi) is 4.08. The molecule has 0 fully saturated rings. The van der Waals surface area contributed by atoms with Crippen molar-refractivity contribution in [2.75, 3.05) is 12.3 Å². The lowest BCUT2D eigenvalue weighted by Gasteiger charge is -2.18. The number of nitrogen functional groups attached to an aromatic ring is 1. The lowest BCUT2D eigenvalue weighted by Crippen LogP contribution is -2.21. The molecule has 0 heterocycles. The Morgan fingerprint density at radius 2 is 2.00 bits per heavy atom. The highest BCUT2D eigenvalue weighted by molar-refractivity contribution is 5.48. The van der Waals surface area contributed by atoms with E-state index in [-0.39, 0.29) is 0 Å². The van der Waals surface area contributed by atoms with Crippen LogP contribution in [0.15, 0.2) is 18.2 Å². The molecule has 0 saturated heterocycles. The maximum absolute atomic E-state index is 9.77. The van der Waals surface area contributed by atoms with Gasteiger partial charge in [-0.15, -0.1) is 0 Å². The number of benzene rings is 1. The van der Waals surface area contributed by atoms with E-state index in [2.05, 4.69) is 0 Å². The molecule has 84 valence electrons. The van der Waals surface area contributed by atoms with Crippen molar-refractivity contribution < 1.29 is 10.2 Å². The van der Waals surface area contributed by atoms with Gasteiger partial charge in [0.25, 0.3) is 0 Å². The van der Waals surface area contributed by atoms with Crippen molar-refractivity contribution in [3.05, 3.63) is 29.3 Å². The van der Waals surface area contributed by atoms with Crippen LogP contribution >= 0.6 is 0 Å². The highest BCUT2D eigenvalue weighted by atomic mass is 16.3. The molecular weight excluding hydrogens is 192 g/mol. The standard InChI is InChI=1S/C11H18N2O2/c1-7-2-3-8(6-9(7)13)11(15)10(14)4-5-12/h2-3,6,10-11,14-15H,4-5,12-13H2,1H3. The van der Waals surface area contributed by atoms with Gasteiger partial charge in [-0.3, -0.25) is 0 Å². The van der Waals surface area contributed by atoms with Crippen LogP contribution in [0.25, 0.3) is 0 Å². The third kappa shape index (κ3) is 2.92. The average molecular weight is 210 g/mol. The fraction of sp³-hybridized carbons (Fsp3) is 0.455. The van der Waals surface area contributed by atoms with Gasteiger partial charge in [0.15, 0.2) is 0 Å². The van der Waals surface area contributed by atoms with Crippen molar-refractivity contribution in [2.45, 2.75) is 25.6 Å². The first-order valence-corrected chi connectivity index (χ1v) is 4.98. The van der Waals surface area contributed by atoms with Crippen LogP contribution < -0.4 is 11.5 Å². The van der Waals surface area contributed by atoms with E-state index in [0.717, 1.165) is 5.56 Å². The van der Waals surface area contributed by atoms with Crippen molar-refractivity contribution in [1.82, 2.24) is 0 Å². The van der Waals surface area contributed by atoms with E-state index in [4.69, 9.17) is 11.5 Å². The average Bonchev–Trinajstić information content (AvgIpc) is 2.21. The van der Waals surface area contributed by atoms with Crippen molar-refractivity contribution in [3.63, 3.8) is 0 Å². The highest BCUT2D eigenvalue weighted by Crippen LogP contribution is 2.22. The molecule has 0 amide bonds. The van der Waals surface area contributed by atoms with Gasteiger partial charge >= 0.3 is 0 Å². The predicted octanol–water partition coefficient (Wildman–Crippen LogP) is 0.320. The molecule has 0 saturated carbocycles. The normalized spacial score (nSPS) is 14.9. The van der Waals surface area contributed by atoms with Crippen LogP contribution in [0.1, 0.15) is 23.7 Å². The van der Waals surface area contributed by atoms with Crippen molar-refractivity contribution in [3.8, 4) is 0 Å². The molecule has 0 aliphatic heterocycles. The first kappa shape index (κ1) is 12.0. The number of rotatable bonds is 4. The summed E-state index contributed by atoms with van der Waals surface area (Å²) in [6.07, 6.45) is -1.39. The number of aliphatic hydroxyl groups is 2. The smallest absolute Gasteiger partial charge is 0.105 e. The minimum Gasteiger partial charge on any atom is -0.399 e. The first-order chi connectivity index (χ1) is 7.06. The zero-order chi connectivity index (χ0) is 11.4. The molecule has 2 unspecified atom stereocenters. The minimum absolute atomic E-state index is 0.347. The van der Waals surface area contributed by atoms with Gasteiger partial charge in [-0.1, -0.05) is 12.1 Å². The lowest BCUT2D eigenvalue weighted by molar-refractivity contribution is 0.0150. The van der Waals surface area contributed by atoms with Crippen molar-refractivity contribution >= 4 is 5.69 Å². The van der Waals surface area contributed by atoms with Gasteiger partial charge in [0.1, 0.15) is 6.10 Å². The van der Waals surface area contributed by atoms with E-state index in [1.54, 1.807) is 12.1 Å². The highest BCUT2D eigenvalue weighted by Gasteiger charge is 2.17. The molecule has 4 heteroatoms. The quantitative estimate of drug-likeness (QED) is 0.538. The van der Waals surface area contributed by atoms with E-state index in [1.807, 2.05) is 13.0 Å². The largest absolute Gasteiger partial charge is 0.399 e. The summed E-state index contributed by atoms with van der Waals surface area (Å²) in [6.45, 7) is 2.24. The topological polar surface area (TPSA) is 92.5 Å². The summed E-state index contributed by atoms with van der Waals surface area (Å²) in [4.78, 5) is 0. The summed E-state index contributed by atoms with van der Waals surface area (Å²) in [5, 5.41) is 19.3. The molecule has 1 aromatic carbocycles. The Balaban J connectivity index is 2.81. The molecule has 0 aromatic heterocycles. The maximum Gasteiger partial charge on any atom is 0.105 e. The second-order valence-electron chi connectivity index (χ2n) is 3.71. The molecule has 1 aromatic rings. The third-order valence-corrected chi connectivity index (χ3v) is 2.47. The van der Waals surface area contributed by atoms with E-state index < -0.39 is 12.2 Å². The van der Waals surface area contributed by atoms with Crippen LogP contribution in [-0.4, -0.2) is 22.9 Å².